The van der Waals surface area contributed by atoms with Crippen LogP contribution in [-0.4, -0.2) is 36.0 Å². The van der Waals surface area contributed by atoms with Gasteiger partial charge in [-0.1, -0.05) is 6.92 Å². The van der Waals surface area contributed by atoms with Crippen LogP contribution in [0.15, 0.2) is 8.96 Å². The van der Waals surface area contributed by atoms with E-state index >= 15 is 0 Å². The van der Waals surface area contributed by atoms with Crippen LogP contribution in [0.3, 0.4) is 0 Å². The second-order valence-electron chi connectivity index (χ2n) is 3.86. The second-order valence-corrected chi connectivity index (χ2v) is 5.45. The molecule has 1 aliphatic rings. The van der Waals surface area contributed by atoms with Gasteiger partial charge < -0.3 is 4.74 Å². The number of imide groups is 1. The average molecular weight is 369 g/mol. The molecule has 0 N–H and O–H groups in total. The highest BCUT2D eigenvalue weighted by Crippen LogP contribution is 2.29. The SMILES string of the molecule is CCCOC(C)CCN1C(=O)C(Br)=C(Br)C1=O. The van der Waals surface area contributed by atoms with Gasteiger partial charge in [-0.15, -0.1) is 0 Å². The molecule has 0 spiro atoms. The summed E-state index contributed by atoms with van der Waals surface area (Å²) < 4.78 is 6.08. The predicted octanol–water partition coefficient (Wildman–Crippen LogP) is 2.56. The van der Waals surface area contributed by atoms with E-state index in [-0.39, 0.29) is 17.9 Å². The summed E-state index contributed by atoms with van der Waals surface area (Å²) in [5, 5.41) is 0. The van der Waals surface area contributed by atoms with E-state index in [4.69, 9.17) is 4.74 Å². The lowest BCUT2D eigenvalue weighted by molar-refractivity contribution is -0.137. The summed E-state index contributed by atoms with van der Waals surface area (Å²) in [4.78, 5) is 24.6. The number of carbonyl (C=O) groups is 2. The molecule has 2 amide bonds. The first-order valence-corrected chi connectivity index (χ1v) is 7.10. The van der Waals surface area contributed by atoms with Crippen molar-refractivity contribution in [2.24, 2.45) is 0 Å². The molecule has 1 heterocycles. The molecule has 0 saturated carbocycles. The minimum absolute atomic E-state index is 0.0497. The fourth-order valence-corrected chi connectivity index (χ4v) is 2.20. The van der Waals surface area contributed by atoms with Crippen LogP contribution in [0, 0.1) is 0 Å². The molecule has 0 aliphatic carbocycles. The van der Waals surface area contributed by atoms with E-state index in [9.17, 15) is 9.59 Å². The van der Waals surface area contributed by atoms with Crippen molar-refractivity contribution in [3.8, 4) is 0 Å². The Balaban J connectivity index is 2.44. The third-order valence-corrected chi connectivity index (χ3v) is 4.43. The van der Waals surface area contributed by atoms with Crippen LogP contribution < -0.4 is 0 Å². The first-order valence-electron chi connectivity index (χ1n) is 5.52. The molecule has 0 fully saturated rings. The normalized spacial score (nSPS) is 18.2. The van der Waals surface area contributed by atoms with Crippen molar-refractivity contribution in [3.05, 3.63) is 8.96 Å². The highest BCUT2D eigenvalue weighted by atomic mass is 79.9. The van der Waals surface area contributed by atoms with Crippen LogP contribution in [0.5, 0.6) is 0 Å². The van der Waals surface area contributed by atoms with Crippen molar-refractivity contribution in [1.29, 1.82) is 0 Å². The maximum absolute atomic E-state index is 11.7. The standard InChI is InChI=1S/C11H15Br2NO3/c1-3-6-17-7(2)4-5-14-10(15)8(12)9(13)11(14)16/h7H,3-6H2,1-2H3. The summed E-state index contributed by atoms with van der Waals surface area (Å²) >= 11 is 6.18. The van der Waals surface area contributed by atoms with Gasteiger partial charge in [-0.25, -0.2) is 0 Å². The molecule has 1 rings (SSSR count). The van der Waals surface area contributed by atoms with Crippen LogP contribution in [0.2, 0.25) is 0 Å². The molecule has 6 heteroatoms. The molecule has 0 aromatic carbocycles. The van der Waals surface area contributed by atoms with E-state index < -0.39 is 0 Å². The van der Waals surface area contributed by atoms with Crippen LogP contribution in [0.1, 0.15) is 26.7 Å². The summed E-state index contributed by atoms with van der Waals surface area (Å²) in [6.45, 7) is 5.07. The van der Waals surface area contributed by atoms with Crippen LogP contribution in [0.25, 0.3) is 0 Å². The van der Waals surface area contributed by atoms with Gasteiger partial charge in [0, 0.05) is 13.2 Å². The number of halogens is 2. The van der Waals surface area contributed by atoms with Crippen molar-refractivity contribution in [1.82, 2.24) is 4.90 Å². The number of amides is 2. The molecule has 0 bridgehead atoms. The van der Waals surface area contributed by atoms with Crippen molar-refractivity contribution in [3.63, 3.8) is 0 Å². The smallest absolute Gasteiger partial charge is 0.269 e. The molecule has 1 aliphatic heterocycles. The van der Waals surface area contributed by atoms with Gasteiger partial charge in [-0.3, -0.25) is 14.5 Å². The first-order chi connectivity index (χ1) is 7.99. The molecular formula is C11H15Br2NO3. The van der Waals surface area contributed by atoms with Gasteiger partial charge in [-0.2, -0.15) is 0 Å². The van der Waals surface area contributed by atoms with Crippen LogP contribution in [0.4, 0.5) is 0 Å². The van der Waals surface area contributed by atoms with E-state index in [1.54, 1.807) is 0 Å². The van der Waals surface area contributed by atoms with Crippen molar-refractivity contribution in [2.45, 2.75) is 32.8 Å². The summed E-state index contributed by atoms with van der Waals surface area (Å²) in [6, 6.07) is 0. The number of hydrogen-bond donors (Lipinski definition) is 0. The molecule has 17 heavy (non-hydrogen) atoms. The summed E-state index contributed by atoms with van der Waals surface area (Å²) in [6.07, 6.45) is 1.66. The molecular weight excluding hydrogens is 354 g/mol. The lowest BCUT2D eigenvalue weighted by Crippen LogP contribution is -2.33. The quantitative estimate of drug-likeness (QED) is 0.677. The summed E-state index contributed by atoms with van der Waals surface area (Å²) in [5.41, 5.74) is 0. The number of hydrogen-bond acceptors (Lipinski definition) is 3. The monoisotopic (exact) mass is 367 g/mol. The number of ether oxygens (including phenoxy) is 1. The van der Waals surface area contributed by atoms with Crippen LogP contribution >= 0.6 is 31.9 Å². The van der Waals surface area contributed by atoms with E-state index in [2.05, 4.69) is 31.9 Å². The molecule has 0 aromatic heterocycles. The zero-order valence-electron chi connectivity index (χ0n) is 9.83. The minimum Gasteiger partial charge on any atom is -0.378 e. The molecule has 0 radical (unpaired) electrons. The zero-order valence-corrected chi connectivity index (χ0v) is 13.0. The fraction of sp³-hybridized carbons (Fsp3) is 0.636. The van der Waals surface area contributed by atoms with Crippen molar-refractivity contribution in [2.75, 3.05) is 13.2 Å². The number of carbonyl (C=O) groups excluding carboxylic acids is 2. The summed E-state index contributed by atoms with van der Waals surface area (Å²) in [5.74, 6) is -0.575. The molecule has 4 nitrogen and oxygen atoms in total. The van der Waals surface area contributed by atoms with Gasteiger partial charge in [0.15, 0.2) is 0 Å². The van der Waals surface area contributed by atoms with E-state index in [0.717, 1.165) is 6.42 Å². The van der Waals surface area contributed by atoms with Gasteiger partial charge >= 0.3 is 0 Å². The Morgan fingerprint density at radius 2 is 1.76 bits per heavy atom. The summed E-state index contributed by atoms with van der Waals surface area (Å²) in [7, 11) is 0. The Kier molecular flexibility index (Phi) is 5.82. The fourth-order valence-electron chi connectivity index (χ4n) is 1.43. The minimum atomic E-state index is -0.287. The van der Waals surface area contributed by atoms with Gasteiger partial charge in [0.05, 0.1) is 6.10 Å². The first kappa shape index (κ1) is 14.9. The largest absolute Gasteiger partial charge is 0.378 e. The number of rotatable bonds is 6. The van der Waals surface area contributed by atoms with Gasteiger partial charge in [0.1, 0.15) is 8.96 Å². The Morgan fingerprint density at radius 3 is 2.24 bits per heavy atom. The van der Waals surface area contributed by atoms with Gasteiger partial charge in [0.25, 0.3) is 11.8 Å². The van der Waals surface area contributed by atoms with Crippen molar-refractivity contribution < 1.29 is 14.3 Å². The highest BCUT2D eigenvalue weighted by Gasteiger charge is 2.35. The molecule has 0 saturated heterocycles. The maximum Gasteiger partial charge on any atom is 0.269 e. The Hall–Kier alpha value is -0.200. The Labute approximate surface area is 118 Å². The lowest BCUT2D eigenvalue weighted by atomic mass is 10.2. The highest BCUT2D eigenvalue weighted by molar-refractivity contribution is 9.14. The maximum atomic E-state index is 11.7. The third kappa shape index (κ3) is 3.63. The third-order valence-electron chi connectivity index (χ3n) is 2.42. The number of nitrogens with zero attached hydrogens (tertiary/aromatic N) is 1. The Bertz CT molecular complexity index is 331. The average Bonchev–Trinajstić information content (AvgIpc) is 2.49. The predicted molar refractivity (Wildman–Crippen MR) is 71.9 cm³/mol. The molecule has 1 unspecified atom stereocenters. The van der Waals surface area contributed by atoms with E-state index in [0.29, 0.717) is 28.5 Å². The second kappa shape index (κ2) is 6.66. The van der Waals surface area contributed by atoms with Crippen molar-refractivity contribution >= 4 is 43.7 Å². The van der Waals surface area contributed by atoms with Crippen LogP contribution in [-0.2, 0) is 14.3 Å². The van der Waals surface area contributed by atoms with Gasteiger partial charge in [0.2, 0.25) is 0 Å². The zero-order chi connectivity index (χ0) is 13.0. The lowest BCUT2D eigenvalue weighted by Gasteiger charge is -2.17. The topological polar surface area (TPSA) is 46.6 Å². The van der Waals surface area contributed by atoms with E-state index in [1.165, 1.54) is 4.90 Å². The molecule has 96 valence electrons. The Morgan fingerprint density at radius 1 is 1.24 bits per heavy atom. The van der Waals surface area contributed by atoms with E-state index in [1.807, 2.05) is 13.8 Å². The molecule has 1 atom stereocenters. The van der Waals surface area contributed by atoms with Gasteiger partial charge in [-0.05, 0) is 51.6 Å². The molecule has 0 aromatic rings.